The molecule has 0 spiro atoms. The minimum Gasteiger partial charge on any atom is -0.469 e. The predicted molar refractivity (Wildman–Crippen MR) is 110 cm³/mol. The largest absolute Gasteiger partial charge is 0.469 e. The molecule has 1 aliphatic rings. The molecule has 28 heavy (non-hydrogen) atoms. The van der Waals surface area contributed by atoms with Crippen molar-refractivity contribution in [1.29, 1.82) is 0 Å². The van der Waals surface area contributed by atoms with Crippen LogP contribution in [0.2, 0.25) is 0 Å². The van der Waals surface area contributed by atoms with Crippen LogP contribution in [0, 0.1) is 0 Å². The third-order valence-corrected chi connectivity index (χ3v) is 4.49. The number of carbonyl (C=O) groups is 3. The first-order valence-electron chi connectivity index (χ1n) is 9.97. The topological polar surface area (TPSA) is 69.7 Å². The van der Waals surface area contributed by atoms with Crippen LogP contribution in [0.3, 0.4) is 0 Å². The highest BCUT2D eigenvalue weighted by Gasteiger charge is 2.41. The van der Waals surface area contributed by atoms with Gasteiger partial charge in [-0.2, -0.15) is 0 Å². The standard InChI is InChI=1S/C23H32O5/c1-4-5-6-7-10-13-17-23(28-19(2)24)18-16-21(25)20(23)14-11-8-9-12-15-22(26)27-3/h8,10-11,13-14,16,18H,4-7,9,12,15,17H2,1-3H3/b11-8+,13-10-,20-14-/t23-/m0/s1. The normalized spacial score (nSPS) is 20.5. The van der Waals surface area contributed by atoms with Crippen molar-refractivity contribution < 1.29 is 23.9 Å². The second-order valence-electron chi connectivity index (χ2n) is 6.83. The first-order valence-corrected chi connectivity index (χ1v) is 9.97. The van der Waals surface area contributed by atoms with Gasteiger partial charge in [0.1, 0.15) is 0 Å². The van der Waals surface area contributed by atoms with Gasteiger partial charge in [-0.3, -0.25) is 14.4 Å². The smallest absolute Gasteiger partial charge is 0.305 e. The summed E-state index contributed by atoms with van der Waals surface area (Å²) in [7, 11) is 1.37. The SMILES string of the molecule is CCCCC/C=C\C[C@]1(OC(C)=O)C=CC(=O)/C1=C/C=C/CCCC(=O)OC. The first-order chi connectivity index (χ1) is 13.4. The number of allylic oxidation sites excluding steroid dienone is 5. The van der Waals surface area contributed by atoms with Gasteiger partial charge in [-0.05, 0) is 37.8 Å². The molecular formula is C23H32O5. The van der Waals surface area contributed by atoms with Crippen LogP contribution in [0.5, 0.6) is 0 Å². The van der Waals surface area contributed by atoms with Gasteiger partial charge in [0.05, 0.1) is 7.11 Å². The highest BCUT2D eigenvalue weighted by Crippen LogP contribution is 2.34. The lowest BCUT2D eigenvalue weighted by Gasteiger charge is -2.27. The van der Waals surface area contributed by atoms with Gasteiger partial charge in [-0.15, -0.1) is 0 Å². The summed E-state index contributed by atoms with van der Waals surface area (Å²) in [5.41, 5.74) is -0.592. The molecule has 0 bridgehead atoms. The Morgan fingerprint density at radius 3 is 2.54 bits per heavy atom. The summed E-state index contributed by atoms with van der Waals surface area (Å²) in [6.45, 7) is 3.51. The maximum absolute atomic E-state index is 12.3. The quantitative estimate of drug-likeness (QED) is 0.208. The molecule has 0 saturated heterocycles. The van der Waals surface area contributed by atoms with Crippen molar-refractivity contribution in [3.05, 3.63) is 48.1 Å². The van der Waals surface area contributed by atoms with Gasteiger partial charge in [0, 0.05) is 25.3 Å². The molecule has 5 heteroatoms. The summed E-state index contributed by atoms with van der Waals surface area (Å²) < 4.78 is 10.2. The number of ketones is 1. The Balaban J connectivity index is 2.79. The zero-order valence-electron chi connectivity index (χ0n) is 17.2. The van der Waals surface area contributed by atoms with Gasteiger partial charge >= 0.3 is 11.9 Å². The molecule has 0 aromatic rings. The van der Waals surface area contributed by atoms with Crippen molar-refractivity contribution in [2.75, 3.05) is 7.11 Å². The summed E-state index contributed by atoms with van der Waals surface area (Å²) in [6, 6.07) is 0. The number of ether oxygens (including phenoxy) is 2. The second-order valence-corrected chi connectivity index (χ2v) is 6.83. The number of unbranched alkanes of at least 4 members (excludes halogenated alkanes) is 4. The van der Waals surface area contributed by atoms with Crippen LogP contribution in [-0.4, -0.2) is 30.4 Å². The predicted octanol–water partition coefficient (Wildman–Crippen LogP) is 4.78. The van der Waals surface area contributed by atoms with Crippen molar-refractivity contribution in [3.63, 3.8) is 0 Å². The Morgan fingerprint density at radius 2 is 1.86 bits per heavy atom. The third-order valence-electron chi connectivity index (χ3n) is 4.49. The van der Waals surface area contributed by atoms with E-state index in [9.17, 15) is 14.4 Å². The molecule has 1 rings (SSSR count). The molecule has 1 atom stereocenters. The number of carbonyl (C=O) groups excluding carboxylic acids is 3. The van der Waals surface area contributed by atoms with Gasteiger partial charge in [0.15, 0.2) is 11.4 Å². The minimum atomic E-state index is -1.04. The van der Waals surface area contributed by atoms with Crippen LogP contribution >= 0.6 is 0 Å². The van der Waals surface area contributed by atoms with Crippen LogP contribution in [0.15, 0.2) is 48.1 Å². The van der Waals surface area contributed by atoms with E-state index in [0.29, 0.717) is 31.3 Å². The zero-order chi connectivity index (χ0) is 20.8. The molecule has 0 saturated carbocycles. The van der Waals surface area contributed by atoms with E-state index in [1.54, 1.807) is 18.2 Å². The molecule has 0 aromatic heterocycles. The maximum Gasteiger partial charge on any atom is 0.305 e. The summed E-state index contributed by atoms with van der Waals surface area (Å²) >= 11 is 0. The second kappa shape index (κ2) is 12.9. The fourth-order valence-electron chi connectivity index (χ4n) is 3.00. The molecule has 0 amide bonds. The highest BCUT2D eigenvalue weighted by molar-refractivity contribution is 6.09. The maximum atomic E-state index is 12.3. The van der Waals surface area contributed by atoms with Crippen LogP contribution in [-0.2, 0) is 23.9 Å². The number of hydrogen-bond acceptors (Lipinski definition) is 5. The molecule has 0 radical (unpaired) electrons. The van der Waals surface area contributed by atoms with Gasteiger partial charge < -0.3 is 9.47 Å². The summed E-state index contributed by atoms with van der Waals surface area (Å²) in [5, 5.41) is 0. The van der Waals surface area contributed by atoms with Crippen LogP contribution in [0.4, 0.5) is 0 Å². The zero-order valence-corrected chi connectivity index (χ0v) is 17.2. The monoisotopic (exact) mass is 388 g/mol. The first kappa shape index (κ1) is 23.6. The number of esters is 2. The van der Waals surface area contributed by atoms with Crippen LogP contribution < -0.4 is 0 Å². The lowest BCUT2D eigenvalue weighted by molar-refractivity contribution is -0.149. The number of hydrogen-bond donors (Lipinski definition) is 0. The Kier molecular flexibility index (Phi) is 10.8. The average molecular weight is 389 g/mol. The molecule has 1 aliphatic carbocycles. The lowest BCUT2D eigenvalue weighted by atomic mass is 9.91. The summed E-state index contributed by atoms with van der Waals surface area (Å²) in [4.78, 5) is 35.1. The van der Waals surface area contributed by atoms with Crippen molar-refractivity contribution in [2.24, 2.45) is 0 Å². The molecule has 0 fully saturated rings. The molecular weight excluding hydrogens is 356 g/mol. The minimum absolute atomic E-state index is 0.153. The molecule has 0 aliphatic heterocycles. The highest BCUT2D eigenvalue weighted by atomic mass is 16.6. The molecule has 0 unspecified atom stereocenters. The van der Waals surface area contributed by atoms with Crippen molar-refractivity contribution in [2.45, 2.75) is 70.8 Å². The third kappa shape index (κ3) is 8.07. The van der Waals surface area contributed by atoms with Crippen molar-refractivity contribution in [3.8, 4) is 0 Å². The fraction of sp³-hybridized carbons (Fsp3) is 0.522. The lowest BCUT2D eigenvalue weighted by Crippen LogP contribution is -2.33. The van der Waals surface area contributed by atoms with E-state index < -0.39 is 11.6 Å². The molecule has 0 aromatic carbocycles. The van der Waals surface area contributed by atoms with E-state index in [1.807, 2.05) is 12.2 Å². The Morgan fingerprint density at radius 1 is 1.11 bits per heavy atom. The van der Waals surface area contributed by atoms with E-state index >= 15 is 0 Å². The molecule has 0 N–H and O–H groups in total. The number of methoxy groups -OCH3 is 1. The van der Waals surface area contributed by atoms with Crippen LogP contribution in [0.25, 0.3) is 0 Å². The fourth-order valence-corrected chi connectivity index (χ4v) is 3.00. The Hall–Kier alpha value is -2.43. The van der Waals surface area contributed by atoms with Crippen LogP contribution in [0.1, 0.15) is 65.2 Å². The Labute approximate surface area is 168 Å². The van der Waals surface area contributed by atoms with Gasteiger partial charge in [0.25, 0.3) is 0 Å². The number of rotatable bonds is 12. The summed E-state index contributed by atoms with van der Waals surface area (Å²) in [5.74, 6) is -0.812. The average Bonchev–Trinajstić information content (AvgIpc) is 2.96. The van der Waals surface area contributed by atoms with E-state index in [2.05, 4.69) is 17.7 Å². The molecule has 154 valence electrons. The van der Waals surface area contributed by atoms with Gasteiger partial charge in [-0.1, -0.05) is 50.1 Å². The van der Waals surface area contributed by atoms with E-state index in [4.69, 9.17) is 4.74 Å². The van der Waals surface area contributed by atoms with E-state index in [0.717, 1.165) is 12.8 Å². The Bertz CT molecular complexity index is 654. The summed E-state index contributed by atoms with van der Waals surface area (Å²) in [6.07, 6.45) is 19.2. The van der Waals surface area contributed by atoms with Gasteiger partial charge in [-0.25, -0.2) is 0 Å². The molecule has 5 nitrogen and oxygen atoms in total. The van der Waals surface area contributed by atoms with Gasteiger partial charge in [0.2, 0.25) is 0 Å². The van der Waals surface area contributed by atoms with Crippen molar-refractivity contribution in [1.82, 2.24) is 0 Å². The van der Waals surface area contributed by atoms with E-state index in [1.165, 1.54) is 33.0 Å². The van der Waals surface area contributed by atoms with Crippen molar-refractivity contribution >= 4 is 17.7 Å². The molecule has 0 heterocycles. The van der Waals surface area contributed by atoms with E-state index in [-0.39, 0.29) is 11.8 Å².